The number of imidazole rings is 1. The molecule has 0 saturated heterocycles. The van der Waals surface area contributed by atoms with Gasteiger partial charge in [0.2, 0.25) is 0 Å². The van der Waals surface area contributed by atoms with E-state index >= 15 is 0 Å². The second-order valence-corrected chi connectivity index (χ2v) is 12.3. The number of furan rings is 1. The summed E-state index contributed by atoms with van der Waals surface area (Å²) in [4.78, 5) is 6.65. The van der Waals surface area contributed by atoms with E-state index in [-0.39, 0.29) is 20.1 Å². The zero-order valence-electron chi connectivity index (χ0n) is 27.4. The molecule has 0 fully saturated rings. The van der Waals surface area contributed by atoms with Crippen molar-refractivity contribution < 1.29 is 24.5 Å². The van der Waals surface area contributed by atoms with Gasteiger partial charge in [0, 0.05) is 29.1 Å². The van der Waals surface area contributed by atoms with Crippen LogP contribution in [0.2, 0.25) is 0 Å². The van der Waals surface area contributed by atoms with Crippen molar-refractivity contribution in [3.8, 4) is 17.1 Å². The molecule has 0 spiro atoms. The Labute approximate surface area is 286 Å². The summed E-state index contributed by atoms with van der Waals surface area (Å²) in [5.41, 5.74) is 8.73. The SMILES string of the molecule is CC(C)c1cccc(C(C)C)c1-n1ccnc1-c1[c-]cccc1.Cc1cccc2c1oc1c(N3[CH-]N(C(C)C)C=N3)[c-]ccc12.[Ir+3]. The molecule has 0 saturated carbocycles. The van der Waals surface area contributed by atoms with E-state index in [1.165, 1.54) is 16.8 Å². The van der Waals surface area contributed by atoms with Gasteiger partial charge in [0.25, 0.3) is 0 Å². The Hall–Kier alpha value is -4.19. The van der Waals surface area contributed by atoms with Gasteiger partial charge >= 0.3 is 20.1 Å². The molecule has 1 aliphatic rings. The van der Waals surface area contributed by atoms with E-state index in [2.05, 4.69) is 129 Å². The van der Waals surface area contributed by atoms with Crippen LogP contribution >= 0.6 is 0 Å². The Morgan fingerprint density at radius 3 is 2.15 bits per heavy atom. The molecular formula is C39H40IrN5O. The minimum atomic E-state index is 0. The van der Waals surface area contributed by atoms with Crippen LogP contribution in [0.4, 0.5) is 5.69 Å². The Kier molecular flexibility index (Phi) is 10.1. The molecule has 0 unspecified atom stereocenters. The van der Waals surface area contributed by atoms with E-state index in [4.69, 9.17) is 4.42 Å². The molecule has 0 bridgehead atoms. The number of hydrogen-bond acceptors (Lipinski definition) is 5. The number of hydrazone groups is 1. The first-order valence-corrected chi connectivity index (χ1v) is 15.7. The summed E-state index contributed by atoms with van der Waals surface area (Å²) in [7, 11) is 0. The minimum Gasteiger partial charge on any atom is -0.513 e. The predicted molar refractivity (Wildman–Crippen MR) is 186 cm³/mol. The van der Waals surface area contributed by atoms with Crippen molar-refractivity contribution in [3.05, 3.63) is 121 Å². The Balaban J connectivity index is 0.000000177. The number of fused-ring (bicyclic) bond motifs is 3. The maximum atomic E-state index is 6.14. The fourth-order valence-electron chi connectivity index (χ4n) is 5.75. The van der Waals surface area contributed by atoms with Crippen LogP contribution in [0, 0.1) is 25.7 Å². The molecule has 7 rings (SSSR count). The number of hydrogen-bond donors (Lipinski definition) is 0. The number of benzene rings is 4. The maximum Gasteiger partial charge on any atom is 3.00 e. The molecule has 4 aromatic carbocycles. The van der Waals surface area contributed by atoms with Gasteiger partial charge in [0.05, 0.1) is 12.2 Å². The Bertz CT molecular complexity index is 1930. The second-order valence-electron chi connectivity index (χ2n) is 12.3. The van der Waals surface area contributed by atoms with Crippen LogP contribution in [-0.4, -0.2) is 26.8 Å². The van der Waals surface area contributed by atoms with Crippen molar-refractivity contribution in [2.24, 2.45) is 5.10 Å². The van der Waals surface area contributed by atoms with Gasteiger partial charge in [0.1, 0.15) is 5.58 Å². The molecule has 0 N–H and O–H groups in total. The Morgan fingerprint density at radius 2 is 1.50 bits per heavy atom. The maximum absolute atomic E-state index is 6.14. The normalized spacial score (nSPS) is 12.8. The number of anilines is 1. The van der Waals surface area contributed by atoms with Gasteiger partial charge in [0.15, 0.2) is 0 Å². The van der Waals surface area contributed by atoms with Crippen LogP contribution in [0.5, 0.6) is 0 Å². The monoisotopic (exact) mass is 787 g/mol. The fraction of sp³-hybridized carbons (Fsp3) is 0.256. The molecular weight excluding hydrogens is 747 g/mol. The minimum absolute atomic E-state index is 0. The largest absolute Gasteiger partial charge is 3.00 e. The van der Waals surface area contributed by atoms with Crippen molar-refractivity contribution in [1.82, 2.24) is 14.5 Å². The molecule has 0 aliphatic carbocycles. The van der Waals surface area contributed by atoms with E-state index in [1.54, 1.807) is 0 Å². The van der Waals surface area contributed by atoms with Crippen LogP contribution in [-0.2, 0) is 20.1 Å². The number of nitrogens with zero attached hydrogens (tertiary/aromatic N) is 5. The predicted octanol–water partition coefficient (Wildman–Crippen LogP) is 9.87. The van der Waals surface area contributed by atoms with Crippen molar-refractivity contribution in [3.63, 3.8) is 0 Å². The first-order chi connectivity index (χ1) is 21.7. The standard InChI is InChI=1S/C21H23N2.C18H17N3O.Ir/c1-15(2)18-11-8-12-19(16(3)4)20(18)23-14-13-22-21(23)17-9-6-5-7-10-17;1-12(2)20-10-19-21(11-20)16-9-5-8-15-14-7-4-6-13(3)17(14)22-18(15)16;/h5-9,11-16H,1-4H3;4-8,10-12H,1-3H3;/q-1;-2;+3. The van der Waals surface area contributed by atoms with Crippen LogP contribution in [0.25, 0.3) is 39.0 Å². The molecule has 0 atom stereocenters. The summed E-state index contributed by atoms with van der Waals surface area (Å²) in [5.74, 6) is 1.86. The third-order valence-electron chi connectivity index (χ3n) is 8.19. The van der Waals surface area contributed by atoms with Crippen molar-refractivity contribution in [2.45, 2.75) is 66.3 Å². The molecule has 3 heterocycles. The van der Waals surface area contributed by atoms with E-state index in [1.807, 2.05) is 54.5 Å². The molecule has 6 nitrogen and oxygen atoms in total. The smallest absolute Gasteiger partial charge is 0.513 e. The first kappa shape index (κ1) is 33.2. The fourth-order valence-corrected chi connectivity index (χ4v) is 5.75. The average Bonchev–Trinajstić information content (AvgIpc) is 3.81. The summed E-state index contributed by atoms with van der Waals surface area (Å²) in [6, 6.07) is 31.7. The van der Waals surface area contributed by atoms with Gasteiger partial charge in [-0.3, -0.25) is 4.98 Å². The number of rotatable bonds is 6. The van der Waals surface area contributed by atoms with Gasteiger partial charge in [-0.1, -0.05) is 69.5 Å². The van der Waals surface area contributed by atoms with Gasteiger partial charge in [-0.05, 0) is 61.0 Å². The number of aromatic nitrogens is 2. The molecule has 1 aliphatic heterocycles. The molecule has 0 amide bonds. The van der Waals surface area contributed by atoms with Crippen LogP contribution < -0.4 is 5.01 Å². The van der Waals surface area contributed by atoms with Gasteiger partial charge in [-0.25, -0.2) is 0 Å². The third kappa shape index (κ3) is 6.40. The van der Waals surface area contributed by atoms with Gasteiger partial charge in [-0.15, -0.1) is 42.6 Å². The summed E-state index contributed by atoms with van der Waals surface area (Å²) in [6.07, 6.45) is 5.76. The second kappa shape index (κ2) is 14.1. The molecule has 2 aromatic heterocycles. The van der Waals surface area contributed by atoms with Crippen molar-refractivity contribution in [2.75, 3.05) is 5.01 Å². The summed E-state index contributed by atoms with van der Waals surface area (Å²) in [5, 5.41) is 8.49. The molecule has 236 valence electrons. The van der Waals surface area contributed by atoms with Crippen molar-refractivity contribution >= 4 is 34.0 Å². The molecule has 7 heteroatoms. The summed E-state index contributed by atoms with van der Waals surface area (Å²) >= 11 is 0. The van der Waals surface area contributed by atoms with Crippen LogP contribution in [0.3, 0.4) is 0 Å². The number of para-hydroxylation sites is 2. The zero-order chi connectivity index (χ0) is 31.7. The summed E-state index contributed by atoms with van der Waals surface area (Å²) in [6.45, 7) is 17.3. The third-order valence-corrected chi connectivity index (χ3v) is 8.19. The van der Waals surface area contributed by atoms with Crippen LogP contribution in [0.1, 0.15) is 70.1 Å². The van der Waals surface area contributed by atoms with E-state index in [0.717, 1.165) is 44.6 Å². The molecule has 6 aromatic rings. The van der Waals surface area contributed by atoms with Crippen molar-refractivity contribution in [1.29, 1.82) is 0 Å². The van der Waals surface area contributed by atoms with E-state index in [9.17, 15) is 0 Å². The van der Waals surface area contributed by atoms with E-state index < -0.39 is 0 Å². The summed E-state index contributed by atoms with van der Waals surface area (Å²) < 4.78 is 8.36. The Morgan fingerprint density at radius 1 is 0.783 bits per heavy atom. The first-order valence-electron chi connectivity index (χ1n) is 15.7. The topological polar surface area (TPSA) is 49.8 Å². The van der Waals surface area contributed by atoms with Gasteiger partial charge in [-0.2, -0.15) is 23.3 Å². The zero-order valence-corrected chi connectivity index (χ0v) is 29.8. The quantitative estimate of drug-likeness (QED) is 0.158. The molecule has 0 radical (unpaired) electrons. The number of aryl methyl sites for hydroxylation is 1. The average molecular weight is 787 g/mol. The van der Waals surface area contributed by atoms with Gasteiger partial charge < -0.3 is 18.9 Å². The molecule has 46 heavy (non-hydrogen) atoms. The van der Waals surface area contributed by atoms with Crippen LogP contribution in [0.15, 0.2) is 94.7 Å². The van der Waals surface area contributed by atoms with E-state index in [0.29, 0.717) is 17.9 Å².